The molecule has 5 rings (SSSR count). The van der Waals surface area contributed by atoms with Crippen molar-refractivity contribution >= 4 is 50.6 Å². The first-order chi connectivity index (χ1) is 14.4. The minimum absolute atomic E-state index is 0.0320. The van der Waals surface area contributed by atoms with Gasteiger partial charge in [0, 0.05) is 66.6 Å². The Morgan fingerprint density at radius 1 is 0.900 bits per heavy atom. The van der Waals surface area contributed by atoms with Crippen molar-refractivity contribution in [2.45, 2.75) is 0 Å². The molecular weight excluding hydrogens is 384 g/mol. The topological polar surface area (TPSA) is 90.4 Å². The van der Waals surface area contributed by atoms with Gasteiger partial charge in [0.05, 0.1) is 21.7 Å². The maximum atomic E-state index is 13.3. The number of hydrogen-bond donors (Lipinski definition) is 0. The first-order valence-corrected chi connectivity index (χ1v) is 9.25. The number of anilines is 1. The lowest BCUT2D eigenvalue weighted by atomic mass is 10.0. The Hall–Kier alpha value is -4.20. The van der Waals surface area contributed by atoms with Crippen LogP contribution in [0.1, 0.15) is 5.56 Å². The molecule has 0 spiro atoms. The van der Waals surface area contributed by atoms with E-state index in [1.54, 1.807) is 30.1 Å². The van der Waals surface area contributed by atoms with Gasteiger partial charge in [0.25, 0.3) is 17.5 Å². The number of nitro groups is 1. The molecule has 0 fully saturated rings. The van der Waals surface area contributed by atoms with E-state index in [1.807, 2.05) is 35.9 Å². The number of nitrogens with zero attached hydrogens (tertiary/aromatic N) is 4. The number of aryl methyl sites for hydroxylation is 2. The van der Waals surface area contributed by atoms with Gasteiger partial charge < -0.3 is 9.13 Å². The molecular formula is C22H16N4O4. The van der Waals surface area contributed by atoms with E-state index < -0.39 is 16.7 Å². The van der Waals surface area contributed by atoms with Crippen LogP contribution >= 0.6 is 0 Å². The number of hydrogen-bond acceptors (Lipinski definition) is 4. The Labute approximate surface area is 170 Å². The summed E-state index contributed by atoms with van der Waals surface area (Å²) in [5.41, 5.74) is 2.87. The number of non-ortho nitro benzene ring substituents is 1. The number of fused-ring (bicyclic) bond motifs is 2. The lowest BCUT2D eigenvalue weighted by Gasteiger charge is -2.13. The zero-order valence-electron chi connectivity index (χ0n) is 16.2. The fourth-order valence-electron chi connectivity index (χ4n) is 4.09. The van der Waals surface area contributed by atoms with E-state index in [2.05, 4.69) is 0 Å². The largest absolute Gasteiger partial charge is 0.350 e. The van der Waals surface area contributed by atoms with Crippen molar-refractivity contribution in [3.05, 3.63) is 76.6 Å². The maximum absolute atomic E-state index is 13.3. The molecule has 1 aliphatic rings. The van der Waals surface area contributed by atoms with Crippen molar-refractivity contribution in [2.75, 3.05) is 4.90 Å². The number of carbonyl (C=O) groups is 2. The quantitative estimate of drug-likeness (QED) is 0.299. The van der Waals surface area contributed by atoms with Gasteiger partial charge in [-0.05, 0) is 12.1 Å². The summed E-state index contributed by atoms with van der Waals surface area (Å²) in [7, 11) is 3.61. The van der Waals surface area contributed by atoms with E-state index in [-0.39, 0.29) is 11.3 Å². The first kappa shape index (κ1) is 17.9. The van der Waals surface area contributed by atoms with E-state index in [1.165, 1.54) is 23.1 Å². The summed E-state index contributed by atoms with van der Waals surface area (Å²) in [6.07, 6.45) is 4.82. The number of imide groups is 1. The fourth-order valence-corrected chi connectivity index (χ4v) is 4.09. The Balaban J connectivity index is 1.62. The minimum Gasteiger partial charge on any atom is -0.350 e. The highest BCUT2D eigenvalue weighted by Crippen LogP contribution is 2.37. The van der Waals surface area contributed by atoms with Crippen LogP contribution in [0.2, 0.25) is 0 Å². The highest BCUT2D eigenvalue weighted by Gasteiger charge is 2.36. The summed E-state index contributed by atoms with van der Waals surface area (Å²) in [6.45, 7) is 0. The molecule has 2 amide bonds. The first-order valence-electron chi connectivity index (χ1n) is 9.25. The SMILES string of the molecule is Cn1cc(C2=CC(=O)N(c3cn(C)c4ccccc34)C2=O)c2ccc([N+](=O)[O-])cc21. The van der Waals surface area contributed by atoms with Crippen molar-refractivity contribution in [1.82, 2.24) is 9.13 Å². The van der Waals surface area contributed by atoms with Crippen LogP contribution in [0.4, 0.5) is 11.4 Å². The van der Waals surface area contributed by atoms with Crippen molar-refractivity contribution < 1.29 is 14.5 Å². The monoisotopic (exact) mass is 400 g/mol. The highest BCUT2D eigenvalue weighted by atomic mass is 16.6. The average molecular weight is 400 g/mol. The van der Waals surface area contributed by atoms with Crippen LogP contribution in [0.5, 0.6) is 0 Å². The van der Waals surface area contributed by atoms with E-state index in [9.17, 15) is 19.7 Å². The lowest BCUT2D eigenvalue weighted by Crippen LogP contribution is -2.30. The zero-order chi connectivity index (χ0) is 21.2. The molecule has 0 unspecified atom stereocenters. The predicted octanol–water partition coefficient (Wildman–Crippen LogP) is 3.54. The Kier molecular flexibility index (Phi) is 3.66. The van der Waals surface area contributed by atoms with Gasteiger partial charge in [0.1, 0.15) is 0 Å². The molecule has 30 heavy (non-hydrogen) atoms. The highest BCUT2D eigenvalue weighted by molar-refractivity contribution is 6.45. The normalized spacial score (nSPS) is 14.2. The molecule has 2 aromatic heterocycles. The van der Waals surface area contributed by atoms with E-state index in [4.69, 9.17) is 0 Å². The molecule has 0 atom stereocenters. The van der Waals surface area contributed by atoms with E-state index in [0.29, 0.717) is 22.2 Å². The van der Waals surface area contributed by atoms with Crippen LogP contribution < -0.4 is 4.90 Å². The molecule has 0 aliphatic carbocycles. The van der Waals surface area contributed by atoms with Crippen LogP contribution in [0.25, 0.3) is 27.4 Å². The molecule has 3 heterocycles. The summed E-state index contributed by atoms with van der Waals surface area (Å²) in [5.74, 6) is -0.826. The number of rotatable bonds is 3. The van der Waals surface area contributed by atoms with Gasteiger partial charge in [-0.25, -0.2) is 4.90 Å². The summed E-state index contributed by atoms with van der Waals surface area (Å²) >= 11 is 0. The predicted molar refractivity (Wildman–Crippen MR) is 113 cm³/mol. The summed E-state index contributed by atoms with van der Waals surface area (Å²) in [6, 6.07) is 12.0. The van der Waals surface area contributed by atoms with Crippen LogP contribution in [0.15, 0.2) is 60.9 Å². The summed E-state index contributed by atoms with van der Waals surface area (Å²) < 4.78 is 3.59. The molecule has 4 aromatic rings. The minimum atomic E-state index is -0.460. The molecule has 0 radical (unpaired) electrons. The summed E-state index contributed by atoms with van der Waals surface area (Å²) in [5, 5.41) is 12.6. The molecule has 0 saturated carbocycles. The van der Waals surface area contributed by atoms with Gasteiger partial charge in [0.15, 0.2) is 0 Å². The molecule has 0 bridgehead atoms. The molecule has 8 nitrogen and oxygen atoms in total. The van der Waals surface area contributed by atoms with E-state index >= 15 is 0 Å². The number of amides is 2. The Bertz CT molecular complexity index is 1440. The van der Waals surface area contributed by atoms with E-state index in [0.717, 1.165) is 10.9 Å². The second-order valence-electron chi connectivity index (χ2n) is 7.29. The van der Waals surface area contributed by atoms with Gasteiger partial charge >= 0.3 is 0 Å². The Morgan fingerprint density at radius 2 is 1.63 bits per heavy atom. The fraction of sp³-hybridized carbons (Fsp3) is 0.0909. The molecule has 2 aromatic carbocycles. The van der Waals surface area contributed by atoms with Crippen LogP contribution in [0.3, 0.4) is 0 Å². The van der Waals surface area contributed by atoms with Crippen molar-refractivity contribution in [1.29, 1.82) is 0 Å². The number of nitro benzene ring substituents is 1. The lowest BCUT2D eigenvalue weighted by molar-refractivity contribution is -0.384. The number of aromatic nitrogens is 2. The second-order valence-corrected chi connectivity index (χ2v) is 7.29. The standard InChI is InChI=1S/C22H16N4O4/c1-23-11-17(14-8-7-13(26(29)30)9-19(14)23)16-10-21(27)25(22(16)28)20-12-24(2)18-6-4-3-5-15(18)20/h3-12H,1-2H3. The van der Waals surface area contributed by atoms with Gasteiger partial charge in [-0.2, -0.15) is 0 Å². The number of para-hydroxylation sites is 1. The van der Waals surface area contributed by atoms with Crippen LogP contribution in [-0.2, 0) is 23.7 Å². The number of carbonyl (C=O) groups excluding carboxylic acids is 2. The molecule has 1 aliphatic heterocycles. The van der Waals surface area contributed by atoms with Crippen molar-refractivity contribution in [3.8, 4) is 0 Å². The van der Waals surface area contributed by atoms with Gasteiger partial charge in [0.2, 0.25) is 0 Å². The third-order valence-electron chi connectivity index (χ3n) is 5.51. The average Bonchev–Trinajstić information content (AvgIpc) is 3.33. The third-order valence-corrected chi connectivity index (χ3v) is 5.51. The molecule has 0 N–H and O–H groups in total. The smallest absolute Gasteiger partial charge is 0.271 e. The Morgan fingerprint density at radius 3 is 2.40 bits per heavy atom. The third kappa shape index (κ3) is 2.40. The van der Waals surface area contributed by atoms with Crippen LogP contribution in [0, 0.1) is 10.1 Å². The molecule has 0 saturated heterocycles. The van der Waals surface area contributed by atoms with Gasteiger partial charge in [-0.3, -0.25) is 19.7 Å². The van der Waals surface area contributed by atoms with Crippen molar-refractivity contribution in [2.24, 2.45) is 14.1 Å². The maximum Gasteiger partial charge on any atom is 0.271 e. The van der Waals surface area contributed by atoms with Gasteiger partial charge in [-0.15, -0.1) is 0 Å². The van der Waals surface area contributed by atoms with Crippen LogP contribution in [-0.4, -0.2) is 25.9 Å². The molecule has 8 heteroatoms. The van der Waals surface area contributed by atoms with Gasteiger partial charge in [-0.1, -0.05) is 18.2 Å². The molecule has 148 valence electrons. The second kappa shape index (κ2) is 6.15. The van der Waals surface area contributed by atoms with Crippen molar-refractivity contribution in [3.63, 3.8) is 0 Å². The summed E-state index contributed by atoms with van der Waals surface area (Å²) in [4.78, 5) is 38.0. The zero-order valence-corrected chi connectivity index (χ0v) is 16.2. The number of benzene rings is 2.